The van der Waals surface area contributed by atoms with Crippen LogP contribution in [0.1, 0.15) is 21.8 Å². The van der Waals surface area contributed by atoms with E-state index in [1.807, 2.05) is 48.5 Å². The quantitative estimate of drug-likeness (QED) is 0.741. The van der Waals surface area contributed by atoms with E-state index < -0.39 is 0 Å². The number of para-hydroxylation sites is 2. The molecule has 0 atom stereocenters. The molecule has 0 unspecified atom stereocenters. The van der Waals surface area contributed by atoms with Gasteiger partial charge in [-0.3, -0.25) is 4.79 Å². The molecule has 1 amide bonds. The SMILES string of the molecule is COc1ccccc1Oc1ccc(CNC(=O)c2cc(C)no2)cc1. The van der Waals surface area contributed by atoms with Crippen molar-refractivity contribution in [3.8, 4) is 17.2 Å². The maximum absolute atomic E-state index is 11.9. The van der Waals surface area contributed by atoms with Crippen LogP contribution in [0.15, 0.2) is 59.1 Å². The summed E-state index contributed by atoms with van der Waals surface area (Å²) in [5, 5.41) is 6.48. The van der Waals surface area contributed by atoms with E-state index >= 15 is 0 Å². The van der Waals surface area contributed by atoms with Crippen molar-refractivity contribution in [1.82, 2.24) is 10.5 Å². The highest BCUT2D eigenvalue weighted by atomic mass is 16.5. The molecule has 3 rings (SSSR count). The fraction of sp³-hybridized carbons (Fsp3) is 0.158. The van der Waals surface area contributed by atoms with E-state index in [1.165, 1.54) is 0 Å². The van der Waals surface area contributed by atoms with Crippen molar-refractivity contribution in [3.63, 3.8) is 0 Å². The molecule has 3 aromatic rings. The Balaban J connectivity index is 1.59. The van der Waals surface area contributed by atoms with Crippen molar-refractivity contribution in [2.75, 3.05) is 7.11 Å². The van der Waals surface area contributed by atoms with Crippen LogP contribution in [-0.4, -0.2) is 18.2 Å². The monoisotopic (exact) mass is 338 g/mol. The molecule has 0 bridgehead atoms. The largest absolute Gasteiger partial charge is 0.493 e. The van der Waals surface area contributed by atoms with Gasteiger partial charge in [-0.05, 0) is 36.8 Å². The van der Waals surface area contributed by atoms with E-state index in [2.05, 4.69) is 10.5 Å². The molecule has 2 aromatic carbocycles. The fourth-order valence-corrected chi connectivity index (χ4v) is 2.25. The molecule has 0 aliphatic carbocycles. The predicted molar refractivity (Wildman–Crippen MR) is 91.9 cm³/mol. The Kier molecular flexibility index (Phi) is 4.99. The standard InChI is InChI=1S/C19H18N2O4/c1-13-11-18(25-21-13)19(22)20-12-14-7-9-15(10-8-14)24-17-6-4-3-5-16(17)23-2/h3-11H,12H2,1-2H3,(H,20,22). The first-order valence-electron chi connectivity index (χ1n) is 7.77. The molecule has 1 heterocycles. The summed E-state index contributed by atoms with van der Waals surface area (Å²) < 4.78 is 16.0. The fourth-order valence-electron chi connectivity index (χ4n) is 2.25. The van der Waals surface area contributed by atoms with E-state index in [9.17, 15) is 4.79 Å². The molecule has 0 aliphatic heterocycles. The van der Waals surface area contributed by atoms with E-state index in [0.29, 0.717) is 29.5 Å². The predicted octanol–water partition coefficient (Wildman–Crippen LogP) is 3.71. The summed E-state index contributed by atoms with van der Waals surface area (Å²) in [5.41, 5.74) is 1.61. The lowest BCUT2D eigenvalue weighted by Gasteiger charge is -2.10. The van der Waals surface area contributed by atoms with Gasteiger partial charge in [0.1, 0.15) is 5.75 Å². The third kappa shape index (κ3) is 4.17. The molecular formula is C19H18N2O4. The van der Waals surface area contributed by atoms with Gasteiger partial charge >= 0.3 is 0 Å². The number of hydrogen-bond donors (Lipinski definition) is 1. The first kappa shape index (κ1) is 16.6. The van der Waals surface area contributed by atoms with Gasteiger partial charge in [0, 0.05) is 12.6 Å². The summed E-state index contributed by atoms with van der Waals surface area (Å²) in [5.74, 6) is 1.90. The molecule has 128 valence electrons. The van der Waals surface area contributed by atoms with Crippen molar-refractivity contribution in [2.24, 2.45) is 0 Å². The van der Waals surface area contributed by atoms with Gasteiger partial charge in [0.15, 0.2) is 11.5 Å². The first-order chi connectivity index (χ1) is 12.2. The number of aromatic nitrogens is 1. The zero-order chi connectivity index (χ0) is 17.6. The minimum absolute atomic E-state index is 0.202. The van der Waals surface area contributed by atoms with Crippen LogP contribution in [-0.2, 0) is 6.54 Å². The smallest absolute Gasteiger partial charge is 0.290 e. The summed E-state index contributed by atoms with van der Waals surface area (Å²) in [6.45, 7) is 2.15. The topological polar surface area (TPSA) is 73.6 Å². The van der Waals surface area contributed by atoms with Crippen molar-refractivity contribution < 1.29 is 18.8 Å². The average molecular weight is 338 g/mol. The highest BCUT2D eigenvalue weighted by Gasteiger charge is 2.11. The van der Waals surface area contributed by atoms with Crippen LogP contribution >= 0.6 is 0 Å². The summed E-state index contributed by atoms with van der Waals surface area (Å²) in [6, 6.07) is 16.5. The number of nitrogens with one attached hydrogen (secondary N) is 1. The zero-order valence-corrected chi connectivity index (χ0v) is 14.0. The van der Waals surface area contributed by atoms with Gasteiger partial charge in [0.05, 0.1) is 12.8 Å². The Labute approximate surface area is 145 Å². The number of benzene rings is 2. The maximum Gasteiger partial charge on any atom is 0.290 e. The summed E-state index contributed by atoms with van der Waals surface area (Å²) in [6.07, 6.45) is 0. The van der Waals surface area contributed by atoms with Crippen molar-refractivity contribution in [3.05, 3.63) is 71.6 Å². The number of ether oxygens (including phenoxy) is 2. The number of methoxy groups -OCH3 is 1. The molecule has 1 N–H and O–H groups in total. The second-order valence-electron chi connectivity index (χ2n) is 5.41. The maximum atomic E-state index is 11.9. The van der Waals surface area contributed by atoms with Crippen molar-refractivity contribution >= 4 is 5.91 Å². The number of nitrogens with zero attached hydrogens (tertiary/aromatic N) is 1. The summed E-state index contributed by atoms with van der Waals surface area (Å²) >= 11 is 0. The second-order valence-corrected chi connectivity index (χ2v) is 5.41. The molecule has 0 fully saturated rings. The van der Waals surface area contributed by atoms with Gasteiger partial charge in [0.2, 0.25) is 5.76 Å². The number of carbonyl (C=O) groups excluding carboxylic acids is 1. The molecule has 0 saturated heterocycles. The molecular weight excluding hydrogens is 320 g/mol. The molecule has 0 radical (unpaired) electrons. The lowest BCUT2D eigenvalue weighted by molar-refractivity contribution is 0.0914. The van der Waals surface area contributed by atoms with Crippen LogP contribution in [0.4, 0.5) is 0 Å². The van der Waals surface area contributed by atoms with Crippen LogP contribution in [0.5, 0.6) is 17.2 Å². The van der Waals surface area contributed by atoms with Gasteiger partial charge in [-0.2, -0.15) is 0 Å². The first-order valence-corrected chi connectivity index (χ1v) is 7.77. The second kappa shape index (κ2) is 7.53. The third-order valence-electron chi connectivity index (χ3n) is 3.53. The Bertz CT molecular complexity index is 856. The lowest BCUT2D eigenvalue weighted by atomic mass is 10.2. The van der Waals surface area contributed by atoms with E-state index in [-0.39, 0.29) is 11.7 Å². The minimum Gasteiger partial charge on any atom is -0.493 e. The molecule has 0 spiro atoms. The van der Waals surface area contributed by atoms with E-state index in [4.69, 9.17) is 14.0 Å². The number of rotatable bonds is 6. The Morgan fingerprint density at radius 2 is 1.84 bits per heavy atom. The summed E-state index contributed by atoms with van der Waals surface area (Å²) in [7, 11) is 1.60. The number of hydrogen-bond acceptors (Lipinski definition) is 5. The molecule has 25 heavy (non-hydrogen) atoms. The molecule has 0 aliphatic rings. The van der Waals surface area contributed by atoms with E-state index in [0.717, 1.165) is 5.56 Å². The highest BCUT2D eigenvalue weighted by molar-refractivity contribution is 5.91. The Morgan fingerprint density at radius 1 is 1.12 bits per heavy atom. The van der Waals surface area contributed by atoms with Gasteiger partial charge in [-0.25, -0.2) is 0 Å². The summed E-state index contributed by atoms with van der Waals surface area (Å²) in [4.78, 5) is 11.9. The Hall–Kier alpha value is -3.28. The highest BCUT2D eigenvalue weighted by Crippen LogP contribution is 2.30. The van der Waals surface area contributed by atoms with Crippen LogP contribution in [0, 0.1) is 6.92 Å². The number of amides is 1. The van der Waals surface area contributed by atoms with Crippen molar-refractivity contribution in [2.45, 2.75) is 13.5 Å². The van der Waals surface area contributed by atoms with Crippen LogP contribution < -0.4 is 14.8 Å². The van der Waals surface area contributed by atoms with Crippen molar-refractivity contribution in [1.29, 1.82) is 0 Å². The van der Waals surface area contributed by atoms with Gasteiger partial charge in [-0.1, -0.05) is 29.4 Å². The molecule has 6 heteroatoms. The van der Waals surface area contributed by atoms with Crippen LogP contribution in [0.3, 0.4) is 0 Å². The van der Waals surface area contributed by atoms with Crippen LogP contribution in [0.2, 0.25) is 0 Å². The average Bonchev–Trinajstić information content (AvgIpc) is 3.08. The minimum atomic E-state index is -0.296. The number of aryl methyl sites for hydroxylation is 1. The molecule has 1 aromatic heterocycles. The van der Waals surface area contributed by atoms with E-state index in [1.54, 1.807) is 20.1 Å². The Morgan fingerprint density at radius 3 is 2.48 bits per heavy atom. The van der Waals surface area contributed by atoms with Gasteiger partial charge in [-0.15, -0.1) is 0 Å². The van der Waals surface area contributed by atoms with Gasteiger partial charge in [0.25, 0.3) is 5.91 Å². The third-order valence-corrected chi connectivity index (χ3v) is 3.53. The number of carbonyl (C=O) groups is 1. The van der Waals surface area contributed by atoms with Gasteiger partial charge < -0.3 is 19.3 Å². The van der Waals surface area contributed by atoms with Crippen LogP contribution in [0.25, 0.3) is 0 Å². The lowest BCUT2D eigenvalue weighted by Crippen LogP contribution is -2.22. The molecule has 6 nitrogen and oxygen atoms in total. The normalized spacial score (nSPS) is 10.3. The molecule has 0 saturated carbocycles. The zero-order valence-electron chi connectivity index (χ0n) is 14.0.